The number of furan rings is 1. The van der Waals surface area contributed by atoms with Crippen molar-refractivity contribution in [3.05, 3.63) is 52.9 Å². The maximum absolute atomic E-state index is 12.0. The Morgan fingerprint density at radius 2 is 2.10 bits per heavy atom. The highest BCUT2D eigenvalue weighted by Gasteiger charge is 2.12. The number of hydrogen-bond acceptors (Lipinski definition) is 3. The van der Waals surface area contributed by atoms with Crippen LogP contribution < -0.4 is 5.32 Å². The first-order valence-electron chi connectivity index (χ1n) is 5.96. The lowest BCUT2D eigenvalue weighted by Gasteiger charge is -2.05. The summed E-state index contributed by atoms with van der Waals surface area (Å²) in [6.07, 6.45) is 0.385. The number of benzene rings is 1. The number of halogens is 1. The van der Waals surface area contributed by atoms with E-state index in [1.165, 1.54) is 12.1 Å². The molecule has 0 aliphatic rings. The summed E-state index contributed by atoms with van der Waals surface area (Å²) in [5, 5.41) is 11.6. The summed E-state index contributed by atoms with van der Waals surface area (Å²) in [7, 11) is 0. The van der Waals surface area contributed by atoms with Gasteiger partial charge in [0.2, 0.25) is 0 Å². The minimum absolute atomic E-state index is 0.00637. The molecule has 1 aromatic carbocycles. The average molecular weight is 290 g/mol. The van der Waals surface area contributed by atoms with Crippen LogP contribution in [0.2, 0.25) is 5.22 Å². The number of carbonyl (C=O) groups excluding carboxylic acids is 1. The molecule has 0 saturated carbocycles. The second kappa shape index (κ2) is 6.80. The number of anilines is 1. The van der Waals surface area contributed by atoms with E-state index in [-0.39, 0.29) is 17.6 Å². The molecule has 1 amide bonds. The molecule has 1 aromatic heterocycles. The Bertz CT molecular complexity index is 667. The van der Waals surface area contributed by atoms with Crippen LogP contribution in [0.15, 0.2) is 40.8 Å². The molecule has 0 saturated heterocycles. The zero-order chi connectivity index (χ0) is 14.4. The lowest BCUT2D eigenvalue weighted by Crippen LogP contribution is -2.11. The van der Waals surface area contributed by atoms with Crippen molar-refractivity contribution < 1.29 is 14.3 Å². The number of amides is 1. The van der Waals surface area contributed by atoms with Crippen molar-refractivity contribution in [2.75, 3.05) is 11.9 Å². The van der Waals surface area contributed by atoms with Crippen LogP contribution in [0.25, 0.3) is 0 Å². The predicted molar refractivity (Wildman–Crippen MR) is 76.7 cm³/mol. The van der Waals surface area contributed by atoms with Crippen LogP contribution in [-0.2, 0) is 0 Å². The van der Waals surface area contributed by atoms with Gasteiger partial charge >= 0.3 is 0 Å². The third-order valence-corrected chi connectivity index (χ3v) is 2.64. The first-order valence-corrected chi connectivity index (χ1v) is 6.34. The molecule has 20 heavy (non-hydrogen) atoms. The Labute approximate surface area is 121 Å². The van der Waals surface area contributed by atoms with Crippen molar-refractivity contribution >= 4 is 23.2 Å². The van der Waals surface area contributed by atoms with E-state index in [4.69, 9.17) is 21.1 Å². The summed E-state index contributed by atoms with van der Waals surface area (Å²) < 4.78 is 5.04. The van der Waals surface area contributed by atoms with Gasteiger partial charge in [-0.05, 0) is 35.9 Å². The Morgan fingerprint density at radius 3 is 2.80 bits per heavy atom. The van der Waals surface area contributed by atoms with Crippen LogP contribution in [0, 0.1) is 11.8 Å². The van der Waals surface area contributed by atoms with Gasteiger partial charge in [0.15, 0.2) is 11.0 Å². The summed E-state index contributed by atoms with van der Waals surface area (Å²) in [6, 6.07) is 10.1. The van der Waals surface area contributed by atoms with Crippen LogP contribution in [0.5, 0.6) is 0 Å². The van der Waals surface area contributed by atoms with E-state index in [1.807, 2.05) is 6.07 Å². The Kier molecular flexibility index (Phi) is 4.83. The van der Waals surface area contributed by atoms with E-state index in [2.05, 4.69) is 17.2 Å². The highest BCUT2D eigenvalue weighted by Crippen LogP contribution is 2.17. The van der Waals surface area contributed by atoms with Gasteiger partial charge in [-0.2, -0.15) is 0 Å². The number of carbonyl (C=O) groups is 1. The van der Waals surface area contributed by atoms with Crippen molar-refractivity contribution in [3.8, 4) is 11.8 Å². The minimum Gasteiger partial charge on any atom is -0.440 e. The first kappa shape index (κ1) is 14.2. The van der Waals surface area contributed by atoms with E-state index in [0.717, 1.165) is 0 Å². The van der Waals surface area contributed by atoms with Crippen LogP contribution in [-0.4, -0.2) is 17.6 Å². The molecule has 2 aromatic rings. The number of para-hydroxylation sites is 1. The summed E-state index contributed by atoms with van der Waals surface area (Å²) in [4.78, 5) is 12.0. The smallest absolute Gasteiger partial charge is 0.291 e. The zero-order valence-corrected chi connectivity index (χ0v) is 11.3. The minimum atomic E-state index is -0.395. The van der Waals surface area contributed by atoms with Crippen molar-refractivity contribution in [1.29, 1.82) is 0 Å². The molecule has 0 radical (unpaired) electrons. The van der Waals surface area contributed by atoms with Gasteiger partial charge in [-0.25, -0.2) is 0 Å². The Morgan fingerprint density at radius 1 is 1.30 bits per heavy atom. The molecule has 0 spiro atoms. The van der Waals surface area contributed by atoms with E-state index in [1.54, 1.807) is 18.2 Å². The maximum atomic E-state index is 12.0. The van der Waals surface area contributed by atoms with E-state index in [9.17, 15) is 4.79 Å². The molecule has 0 fully saturated rings. The molecule has 0 atom stereocenters. The zero-order valence-electron chi connectivity index (χ0n) is 10.5. The molecule has 4 nitrogen and oxygen atoms in total. The molecule has 102 valence electrons. The molecule has 2 rings (SSSR count). The standard InChI is InChI=1S/C15H12ClNO3/c16-14-9-8-13(20-14)15(19)17-12-7-2-1-5-11(12)6-3-4-10-18/h1-2,5,7-9,18H,4,10H2,(H,17,19). The van der Waals surface area contributed by atoms with E-state index >= 15 is 0 Å². The quantitative estimate of drug-likeness (QED) is 0.854. The van der Waals surface area contributed by atoms with Crippen molar-refractivity contribution in [2.45, 2.75) is 6.42 Å². The van der Waals surface area contributed by atoms with Crippen LogP contribution in [0.1, 0.15) is 22.5 Å². The normalized spacial score (nSPS) is 9.70. The monoisotopic (exact) mass is 289 g/mol. The van der Waals surface area contributed by atoms with E-state index < -0.39 is 5.91 Å². The van der Waals surface area contributed by atoms with Crippen molar-refractivity contribution in [2.24, 2.45) is 0 Å². The topological polar surface area (TPSA) is 62.5 Å². The van der Waals surface area contributed by atoms with Crippen molar-refractivity contribution in [1.82, 2.24) is 0 Å². The predicted octanol–water partition coefficient (Wildman–Crippen LogP) is 2.92. The molecule has 0 unspecified atom stereocenters. The third kappa shape index (κ3) is 3.64. The maximum Gasteiger partial charge on any atom is 0.291 e. The largest absolute Gasteiger partial charge is 0.440 e. The number of rotatable bonds is 3. The second-order valence-corrected chi connectivity index (χ2v) is 4.25. The Hall–Kier alpha value is -2.22. The SMILES string of the molecule is O=C(Nc1ccccc1C#CCCO)c1ccc(Cl)o1. The molecule has 2 N–H and O–H groups in total. The van der Waals surface area contributed by atoms with Gasteiger partial charge in [-0.1, -0.05) is 24.0 Å². The summed E-state index contributed by atoms with van der Waals surface area (Å²) in [5.74, 6) is 5.45. The first-order chi connectivity index (χ1) is 9.70. The fourth-order valence-electron chi connectivity index (χ4n) is 1.53. The molecule has 0 aliphatic heterocycles. The van der Waals surface area contributed by atoms with Gasteiger partial charge < -0.3 is 14.8 Å². The van der Waals surface area contributed by atoms with Crippen LogP contribution in [0.4, 0.5) is 5.69 Å². The number of aliphatic hydroxyl groups is 1. The molecule has 5 heteroatoms. The number of nitrogens with one attached hydrogen (secondary N) is 1. The lowest BCUT2D eigenvalue weighted by atomic mass is 10.1. The van der Waals surface area contributed by atoms with Gasteiger partial charge in [-0.3, -0.25) is 4.79 Å². The highest BCUT2D eigenvalue weighted by atomic mass is 35.5. The fraction of sp³-hybridized carbons (Fsp3) is 0.133. The van der Waals surface area contributed by atoms with Crippen LogP contribution in [0.3, 0.4) is 0 Å². The van der Waals surface area contributed by atoms with E-state index in [0.29, 0.717) is 17.7 Å². The summed E-state index contributed by atoms with van der Waals surface area (Å²) in [5.41, 5.74) is 1.25. The average Bonchev–Trinajstić information content (AvgIpc) is 2.88. The molecular formula is C15H12ClNO3. The number of hydrogen-bond donors (Lipinski definition) is 2. The van der Waals surface area contributed by atoms with Gasteiger partial charge in [0.1, 0.15) is 0 Å². The summed E-state index contributed by atoms with van der Waals surface area (Å²) in [6.45, 7) is 0.00637. The summed E-state index contributed by atoms with van der Waals surface area (Å²) >= 11 is 5.63. The van der Waals surface area contributed by atoms with Gasteiger partial charge in [-0.15, -0.1) is 0 Å². The molecule has 0 bridgehead atoms. The van der Waals surface area contributed by atoms with Crippen molar-refractivity contribution in [3.63, 3.8) is 0 Å². The lowest BCUT2D eigenvalue weighted by molar-refractivity contribution is 0.0996. The number of aliphatic hydroxyl groups excluding tert-OH is 1. The fourth-order valence-corrected chi connectivity index (χ4v) is 1.68. The van der Waals surface area contributed by atoms with Gasteiger partial charge in [0.05, 0.1) is 12.3 Å². The molecular weight excluding hydrogens is 278 g/mol. The van der Waals surface area contributed by atoms with Crippen LogP contribution >= 0.6 is 11.6 Å². The Balaban J connectivity index is 2.17. The van der Waals surface area contributed by atoms with Gasteiger partial charge in [0.25, 0.3) is 5.91 Å². The third-order valence-electron chi connectivity index (χ3n) is 2.43. The highest BCUT2D eigenvalue weighted by molar-refractivity contribution is 6.29. The van der Waals surface area contributed by atoms with Gasteiger partial charge in [0, 0.05) is 12.0 Å². The molecule has 0 aliphatic carbocycles. The molecule has 1 heterocycles. The second-order valence-electron chi connectivity index (χ2n) is 3.88.